The van der Waals surface area contributed by atoms with Gasteiger partial charge in [0.05, 0.1) is 0 Å². The molecule has 1 aliphatic rings. The minimum Gasteiger partial charge on any atom is -0.329 e. The SMILES string of the molecule is Cc1ccc(C(CN)N2CCCC(C)(C)C2)cc1C. The summed E-state index contributed by atoms with van der Waals surface area (Å²) in [7, 11) is 0. The first kappa shape index (κ1) is 14.5. The molecule has 1 atom stereocenters. The summed E-state index contributed by atoms with van der Waals surface area (Å²) in [5.41, 5.74) is 10.6. The molecule has 2 N–H and O–H groups in total. The van der Waals surface area contributed by atoms with Gasteiger partial charge in [-0.1, -0.05) is 32.0 Å². The van der Waals surface area contributed by atoms with Crippen molar-refractivity contribution in [2.24, 2.45) is 11.1 Å². The van der Waals surface area contributed by atoms with Crippen LogP contribution in [0.3, 0.4) is 0 Å². The van der Waals surface area contributed by atoms with E-state index in [1.165, 1.54) is 36.1 Å². The molecule has 106 valence electrons. The number of hydrogen-bond donors (Lipinski definition) is 1. The average Bonchev–Trinajstić information content (AvgIpc) is 2.33. The molecule has 0 aromatic heterocycles. The number of likely N-dealkylation sites (tertiary alicyclic amines) is 1. The van der Waals surface area contributed by atoms with E-state index in [4.69, 9.17) is 5.73 Å². The van der Waals surface area contributed by atoms with Gasteiger partial charge in [-0.3, -0.25) is 4.90 Å². The fraction of sp³-hybridized carbons (Fsp3) is 0.647. The molecule has 2 nitrogen and oxygen atoms in total. The molecule has 2 rings (SSSR count). The van der Waals surface area contributed by atoms with Crippen molar-refractivity contribution in [2.45, 2.75) is 46.6 Å². The second-order valence-electron chi connectivity index (χ2n) is 6.83. The third-order valence-corrected chi connectivity index (χ3v) is 4.51. The lowest BCUT2D eigenvalue weighted by molar-refractivity contribution is 0.0806. The lowest BCUT2D eigenvalue weighted by atomic mass is 9.83. The van der Waals surface area contributed by atoms with E-state index in [2.05, 4.69) is 50.8 Å². The predicted octanol–water partition coefficient (Wildman–Crippen LogP) is 3.43. The fourth-order valence-electron chi connectivity index (χ4n) is 3.20. The molecule has 1 aromatic carbocycles. The quantitative estimate of drug-likeness (QED) is 0.902. The highest BCUT2D eigenvalue weighted by Crippen LogP contribution is 2.33. The number of aryl methyl sites for hydroxylation is 2. The Bertz CT molecular complexity index is 437. The van der Waals surface area contributed by atoms with Gasteiger partial charge < -0.3 is 5.73 Å². The van der Waals surface area contributed by atoms with Gasteiger partial charge in [0, 0.05) is 19.1 Å². The Morgan fingerprint density at radius 3 is 2.58 bits per heavy atom. The molecule has 19 heavy (non-hydrogen) atoms. The van der Waals surface area contributed by atoms with E-state index in [1.807, 2.05) is 0 Å². The lowest BCUT2D eigenvalue weighted by Gasteiger charge is -2.42. The van der Waals surface area contributed by atoms with E-state index < -0.39 is 0 Å². The molecule has 0 spiro atoms. The van der Waals surface area contributed by atoms with Crippen LogP contribution in [0.15, 0.2) is 18.2 Å². The van der Waals surface area contributed by atoms with Crippen LogP contribution >= 0.6 is 0 Å². The number of piperidine rings is 1. The predicted molar refractivity (Wildman–Crippen MR) is 82.3 cm³/mol. The van der Waals surface area contributed by atoms with E-state index >= 15 is 0 Å². The Kier molecular flexibility index (Phi) is 4.32. The number of nitrogens with two attached hydrogens (primary N) is 1. The number of benzene rings is 1. The summed E-state index contributed by atoms with van der Waals surface area (Å²) in [6, 6.07) is 7.16. The summed E-state index contributed by atoms with van der Waals surface area (Å²) in [6.45, 7) is 12.1. The van der Waals surface area contributed by atoms with Gasteiger partial charge in [-0.2, -0.15) is 0 Å². The molecular weight excluding hydrogens is 232 g/mol. The second kappa shape index (κ2) is 5.64. The monoisotopic (exact) mass is 260 g/mol. The molecule has 1 heterocycles. The minimum atomic E-state index is 0.374. The molecule has 2 heteroatoms. The van der Waals surface area contributed by atoms with Crippen molar-refractivity contribution in [3.8, 4) is 0 Å². The first-order valence-corrected chi connectivity index (χ1v) is 7.44. The van der Waals surface area contributed by atoms with E-state index in [0.717, 1.165) is 6.54 Å². The summed E-state index contributed by atoms with van der Waals surface area (Å²) in [5.74, 6) is 0. The maximum atomic E-state index is 6.07. The van der Waals surface area contributed by atoms with Gasteiger partial charge >= 0.3 is 0 Å². The van der Waals surface area contributed by atoms with E-state index in [9.17, 15) is 0 Å². The van der Waals surface area contributed by atoms with Crippen molar-refractivity contribution in [3.05, 3.63) is 34.9 Å². The topological polar surface area (TPSA) is 29.3 Å². The fourth-order valence-corrected chi connectivity index (χ4v) is 3.20. The van der Waals surface area contributed by atoms with Gasteiger partial charge in [-0.25, -0.2) is 0 Å². The zero-order valence-electron chi connectivity index (χ0n) is 12.9. The Morgan fingerprint density at radius 2 is 2.00 bits per heavy atom. The van der Waals surface area contributed by atoms with Gasteiger partial charge in [-0.05, 0) is 55.3 Å². The number of hydrogen-bond acceptors (Lipinski definition) is 2. The Morgan fingerprint density at radius 1 is 1.26 bits per heavy atom. The number of nitrogens with zero attached hydrogens (tertiary/aromatic N) is 1. The largest absolute Gasteiger partial charge is 0.329 e. The Labute approximate surface area is 118 Å². The molecule has 0 saturated carbocycles. The summed E-state index contributed by atoms with van der Waals surface area (Å²) < 4.78 is 0. The van der Waals surface area contributed by atoms with Crippen LogP contribution in [-0.4, -0.2) is 24.5 Å². The first-order valence-electron chi connectivity index (χ1n) is 7.44. The average molecular weight is 260 g/mol. The Hall–Kier alpha value is -0.860. The van der Waals surface area contributed by atoms with Crippen LogP contribution in [0.25, 0.3) is 0 Å². The molecule has 1 fully saturated rings. The molecule has 0 bridgehead atoms. The molecule has 1 aliphatic heterocycles. The normalized spacial score (nSPS) is 21.3. The van der Waals surface area contributed by atoms with Crippen molar-refractivity contribution in [3.63, 3.8) is 0 Å². The molecule has 1 aromatic rings. The van der Waals surface area contributed by atoms with Crippen LogP contribution in [0.4, 0.5) is 0 Å². The Balaban J connectivity index is 2.21. The van der Waals surface area contributed by atoms with Crippen LogP contribution in [0.2, 0.25) is 0 Å². The van der Waals surface area contributed by atoms with Crippen molar-refractivity contribution in [1.82, 2.24) is 4.90 Å². The van der Waals surface area contributed by atoms with Crippen LogP contribution in [-0.2, 0) is 0 Å². The maximum absolute atomic E-state index is 6.07. The van der Waals surface area contributed by atoms with Gasteiger partial charge in [0.2, 0.25) is 0 Å². The maximum Gasteiger partial charge on any atom is 0.0470 e. The molecular formula is C17H28N2. The smallest absolute Gasteiger partial charge is 0.0470 e. The third-order valence-electron chi connectivity index (χ3n) is 4.51. The lowest BCUT2D eigenvalue weighted by Crippen LogP contribution is -2.44. The van der Waals surface area contributed by atoms with Gasteiger partial charge in [0.25, 0.3) is 0 Å². The van der Waals surface area contributed by atoms with Gasteiger partial charge in [0.15, 0.2) is 0 Å². The standard InChI is InChI=1S/C17H28N2/c1-13-6-7-15(10-14(13)2)16(11-18)19-9-5-8-17(3,4)12-19/h6-7,10,16H,5,8-9,11-12,18H2,1-4H3. The van der Waals surface area contributed by atoms with Gasteiger partial charge in [0.1, 0.15) is 0 Å². The molecule has 1 saturated heterocycles. The van der Waals surface area contributed by atoms with Gasteiger partial charge in [-0.15, -0.1) is 0 Å². The van der Waals surface area contributed by atoms with E-state index in [-0.39, 0.29) is 0 Å². The molecule has 0 amide bonds. The van der Waals surface area contributed by atoms with Crippen molar-refractivity contribution >= 4 is 0 Å². The molecule has 1 unspecified atom stereocenters. The first-order chi connectivity index (χ1) is 8.93. The summed E-state index contributed by atoms with van der Waals surface area (Å²) >= 11 is 0. The minimum absolute atomic E-state index is 0.374. The molecule has 0 radical (unpaired) electrons. The van der Waals surface area contributed by atoms with Crippen LogP contribution < -0.4 is 5.73 Å². The highest BCUT2D eigenvalue weighted by molar-refractivity contribution is 5.32. The third kappa shape index (κ3) is 3.37. The van der Waals surface area contributed by atoms with Crippen LogP contribution in [0.5, 0.6) is 0 Å². The summed E-state index contributed by atoms with van der Waals surface area (Å²) in [5, 5.41) is 0. The molecule has 0 aliphatic carbocycles. The van der Waals surface area contributed by atoms with E-state index in [1.54, 1.807) is 0 Å². The zero-order chi connectivity index (χ0) is 14.0. The second-order valence-corrected chi connectivity index (χ2v) is 6.83. The highest BCUT2D eigenvalue weighted by Gasteiger charge is 2.30. The highest BCUT2D eigenvalue weighted by atomic mass is 15.2. The zero-order valence-corrected chi connectivity index (χ0v) is 12.9. The summed E-state index contributed by atoms with van der Waals surface area (Å²) in [6.07, 6.45) is 2.61. The van der Waals surface area contributed by atoms with Crippen molar-refractivity contribution in [1.29, 1.82) is 0 Å². The van der Waals surface area contributed by atoms with Crippen molar-refractivity contribution < 1.29 is 0 Å². The summed E-state index contributed by atoms with van der Waals surface area (Å²) in [4.78, 5) is 2.58. The number of rotatable bonds is 3. The van der Waals surface area contributed by atoms with E-state index in [0.29, 0.717) is 18.0 Å². The van der Waals surface area contributed by atoms with Crippen LogP contribution in [0, 0.1) is 19.3 Å². The van der Waals surface area contributed by atoms with Crippen molar-refractivity contribution in [2.75, 3.05) is 19.6 Å². The van der Waals surface area contributed by atoms with Crippen LogP contribution in [0.1, 0.15) is 49.4 Å².